The summed E-state index contributed by atoms with van der Waals surface area (Å²) in [6.07, 6.45) is 6.46. The molecular weight excluding hydrogens is 322 g/mol. The SMILES string of the molecule is COCCc1noc([C@@H]2CCCCN2C(=O)c2n[nH]c3c2CCC3)n1. The van der Waals surface area contributed by atoms with Gasteiger partial charge in [0.25, 0.3) is 5.91 Å². The minimum Gasteiger partial charge on any atom is -0.384 e. The second-order valence-corrected chi connectivity index (χ2v) is 6.68. The largest absolute Gasteiger partial charge is 0.384 e. The number of carbonyl (C=O) groups is 1. The summed E-state index contributed by atoms with van der Waals surface area (Å²) in [6, 6.07) is -0.168. The molecule has 1 fully saturated rings. The van der Waals surface area contributed by atoms with Crippen LogP contribution in [0.25, 0.3) is 0 Å². The smallest absolute Gasteiger partial charge is 0.275 e. The van der Waals surface area contributed by atoms with E-state index in [1.165, 1.54) is 0 Å². The third-order valence-electron chi connectivity index (χ3n) is 5.07. The van der Waals surface area contributed by atoms with Crippen LogP contribution in [-0.2, 0) is 24.0 Å². The third-order valence-corrected chi connectivity index (χ3v) is 5.07. The van der Waals surface area contributed by atoms with E-state index >= 15 is 0 Å². The van der Waals surface area contributed by atoms with E-state index in [1.54, 1.807) is 7.11 Å². The molecule has 8 nitrogen and oxygen atoms in total. The minimum atomic E-state index is -0.168. The summed E-state index contributed by atoms with van der Waals surface area (Å²) in [5, 5.41) is 11.3. The first-order chi connectivity index (χ1) is 12.3. The van der Waals surface area contributed by atoms with Crippen molar-refractivity contribution in [2.24, 2.45) is 0 Å². The van der Waals surface area contributed by atoms with Crippen LogP contribution in [0.5, 0.6) is 0 Å². The Morgan fingerprint density at radius 2 is 2.28 bits per heavy atom. The third kappa shape index (κ3) is 3.06. The lowest BCUT2D eigenvalue weighted by Gasteiger charge is -2.33. The summed E-state index contributed by atoms with van der Waals surface area (Å²) in [5.74, 6) is 1.11. The molecule has 2 aliphatic rings. The highest BCUT2D eigenvalue weighted by atomic mass is 16.5. The van der Waals surface area contributed by atoms with E-state index in [-0.39, 0.29) is 11.9 Å². The number of rotatable bonds is 5. The van der Waals surface area contributed by atoms with E-state index in [1.807, 2.05) is 4.90 Å². The Morgan fingerprint density at radius 3 is 3.16 bits per heavy atom. The molecule has 1 aliphatic heterocycles. The zero-order valence-corrected chi connectivity index (χ0v) is 14.5. The molecule has 0 aromatic carbocycles. The maximum absolute atomic E-state index is 13.1. The van der Waals surface area contributed by atoms with Crippen molar-refractivity contribution in [3.63, 3.8) is 0 Å². The van der Waals surface area contributed by atoms with E-state index in [4.69, 9.17) is 9.26 Å². The van der Waals surface area contributed by atoms with E-state index in [0.29, 0.717) is 37.0 Å². The van der Waals surface area contributed by atoms with Crippen LogP contribution in [0.3, 0.4) is 0 Å². The number of amides is 1. The topological polar surface area (TPSA) is 97.1 Å². The van der Waals surface area contributed by atoms with Crippen molar-refractivity contribution in [1.82, 2.24) is 25.2 Å². The number of hydrogen-bond donors (Lipinski definition) is 1. The van der Waals surface area contributed by atoms with Crippen LogP contribution >= 0.6 is 0 Å². The summed E-state index contributed by atoms with van der Waals surface area (Å²) < 4.78 is 10.5. The highest BCUT2D eigenvalue weighted by Gasteiger charge is 2.35. The number of aromatic nitrogens is 4. The van der Waals surface area contributed by atoms with Gasteiger partial charge in [-0.1, -0.05) is 5.16 Å². The number of carbonyl (C=O) groups excluding carboxylic acids is 1. The number of H-pyrrole nitrogens is 1. The number of ether oxygens (including phenoxy) is 1. The Bertz CT molecular complexity index is 753. The van der Waals surface area contributed by atoms with E-state index < -0.39 is 0 Å². The first kappa shape index (κ1) is 16.3. The van der Waals surface area contributed by atoms with Gasteiger partial charge < -0.3 is 14.2 Å². The van der Waals surface area contributed by atoms with Crippen molar-refractivity contribution in [3.05, 3.63) is 28.7 Å². The molecule has 134 valence electrons. The molecule has 1 saturated heterocycles. The molecule has 2 aromatic rings. The summed E-state index contributed by atoms with van der Waals surface area (Å²) in [7, 11) is 1.64. The van der Waals surface area contributed by atoms with Crippen LogP contribution in [0, 0.1) is 0 Å². The zero-order valence-electron chi connectivity index (χ0n) is 14.5. The summed E-state index contributed by atoms with van der Waals surface area (Å²) in [6.45, 7) is 1.24. The van der Waals surface area contributed by atoms with Crippen LogP contribution in [-0.4, -0.2) is 51.4 Å². The fourth-order valence-electron chi connectivity index (χ4n) is 3.76. The summed E-state index contributed by atoms with van der Waals surface area (Å²) >= 11 is 0. The standard InChI is InChI=1S/C17H23N5O3/c1-24-10-8-14-18-16(25-21-14)13-7-2-3-9-22(13)17(23)15-11-5-4-6-12(11)19-20-15/h13H,2-10H2,1H3,(H,19,20)/t13-/m0/s1. The van der Waals surface area contributed by atoms with Gasteiger partial charge in [0.1, 0.15) is 6.04 Å². The van der Waals surface area contributed by atoms with Crippen molar-refractivity contribution in [2.75, 3.05) is 20.3 Å². The van der Waals surface area contributed by atoms with Gasteiger partial charge in [-0.05, 0) is 38.5 Å². The predicted octanol–water partition coefficient (Wildman–Crippen LogP) is 1.84. The van der Waals surface area contributed by atoms with Gasteiger partial charge in [-0.15, -0.1) is 0 Å². The Morgan fingerprint density at radius 1 is 1.36 bits per heavy atom. The molecule has 1 atom stereocenters. The average molecular weight is 345 g/mol. The molecule has 0 saturated carbocycles. The maximum Gasteiger partial charge on any atom is 0.275 e. The first-order valence-corrected chi connectivity index (χ1v) is 8.96. The lowest BCUT2D eigenvalue weighted by atomic mass is 10.0. The molecule has 8 heteroatoms. The lowest BCUT2D eigenvalue weighted by molar-refractivity contribution is 0.0554. The highest BCUT2D eigenvalue weighted by Crippen LogP contribution is 2.32. The van der Waals surface area contributed by atoms with Gasteiger partial charge in [0.15, 0.2) is 11.5 Å². The number of methoxy groups -OCH3 is 1. The number of aromatic amines is 1. The van der Waals surface area contributed by atoms with E-state index in [2.05, 4.69) is 20.3 Å². The number of fused-ring (bicyclic) bond motifs is 1. The van der Waals surface area contributed by atoms with Gasteiger partial charge in [-0.25, -0.2) is 0 Å². The monoisotopic (exact) mass is 345 g/mol. The van der Waals surface area contributed by atoms with E-state index in [0.717, 1.165) is 49.8 Å². The predicted molar refractivity (Wildman–Crippen MR) is 88.1 cm³/mol. The van der Waals surface area contributed by atoms with Gasteiger partial charge in [-0.3, -0.25) is 9.89 Å². The number of aryl methyl sites for hydroxylation is 1. The van der Waals surface area contributed by atoms with Gasteiger partial charge in [0.2, 0.25) is 5.89 Å². The van der Waals surface area contributed by atoms with E-state index in [9.17, 15) is 4.79 Å². The Kier molecular flexibility index (Phi) is 4.52. The van der Waals surface area contributed by atoms with Crippen molar-refractivity contribution in [3.8, 4) is 0 Å². The molecule has 0 spiro atoms. The molecule has 1 N–H and O–H groups in total. The number of likely N-dealkylation sites (tertiary alicyclic amines) is 1. The Balaban J connectivity index is 1.56. The van der Waals surface area contributed by atoms with Gasteiger partial charge in [-0.2, -0.15) is 10.1 Å². The second-order valence-electron chi connectivity index (χ2n) is 6.68. The molecule has 4 rings (SSSR count). The fraction of sp³-hybridized carbons (Fsp3) is 0.647. The van der Waals surface area contributed by atoms with Crippen molar-refractivity contribution in [1.29, 1.82) is 0 Å². The van der Waals surface area contributed by atoms with Crippen LogP contribution in [0.2, 0.25) is 0 Å². The molecule has 0 radical (unpaired) electrons. The van der Waals surface area contributed by atoms with Crippen LogP contribution < -0.4 is 0 Å². The van der Waals surface area contributed by atoms with Crippen LogP contribution in [0.4, 0.5) is 0 Å². The molecule has 2 aromatic heterocycles. The zero-order chi connectivity index (χ0) is 17.2. The molecule has 3 heterocycles. The Hall–Kier alpha value is -2.22. The minimum absolute atomic E-state index is 0.0271. The maximum atomic E-state index is 13.1. The number of hydrogen-bond acceptors (Lipinski definition) is 6. The molecule has 1 amide bonds. The lowest BCUT2D eigenvalue weighted by Crippen LogP contribution is -2.39. The second kappa shape index (κ2) is 6.95. The molecule has 0 bridgehead atoms. The average Bonchev–Trinajstić information content (AvgIpc) is 3.36. The van der Waals surface area contributed by atoms with Crippen LogP contribution in [0.1, 0.15) is 65.2 Å². The molecular formula is C17H23N5O3. The Labute approximate surface area is 145 Å². The summed E-state index contributed by atoms with van der Waals surface area (Å²) in [4.78, 5) is 19.4. The molecule has 25 heavy (non-hydrogen) atoms. The normalized spacial score (nSPS) is 20.0. The summed E-state index contributed by atoms with van der Waals surface area (Å²) in [5.41, 5.74) is 2.76. The van der Waals surface area contributed by atoms with Crippen LogP contribution in [0.15, 0.2) is 4.52 Å². The number of piperidine rings is 1. The van der Waals surface area contributed by atoms with Gasteiger partial charge >= 0.3 is 0 Å². The molecule has 0 unspecified atom stereocenters. The van der Waals surface area contributed by atoms with Gasteiger partial charge in [0, 0.05) is 31.3 Å². The van der Waals surface area contributed by atoms with Crippen molar-refractivity contribution >= 4 is 5.91 Å². The fourth-order valence-corrected chi connectivity index (χ4v) is 3.76. The van der Waals surface area contributed by atoms with Gasteiger partial charge in [0.05, 0.1) is 6.61 Å². The molecule has 1 aliphatic carbocycles. The quantitative estimate of drug-likeness (QED) is 0.888. The first-order valence-electron chi connectivity index (χ1n) is 8.96. The number of nitrogens with one attached hydrogen (secondary N) is 1. The number of nitrogens with zero attached hydrogens (tertiary/aromatic N) is 4. The van der Waals surface area contributed by atoms with Crippen molar-refractivity contribution < 1.29 is 14.1 Å². The van der Waals surface area contributed by atoms with Crippen molar-refractivity contribution in [2.45, 2.75) is 51.0 Å². The highest BCUT2D eigenvalue weighted by molar-refractivity contribution is 5.94.